The fraction of sp³-hybridized carbons (Fsp3) is 0.652. The lowest BCUT2D eigenvalue weighted by molar-refractivity contribution is -0.0610. The Balaban J connectivity index is 1.28. The molecule has 0 bridgehead atoms. The van der Waals surface area contributed by atoms with Gasteiger partial charge >= 0.3 is 0 Å². The molecule has 30 heavy (non-hydrogen) atoms. The van der Waals surface area contributed by atoms with Gasteiger partial charge in [0.15, 0.2) is 11.6 Å². The predicted molar refractivity (Wildman–Crippen MR) is 114 cm³/mol. The topological polar surface area (TPSA) is 78.4 Å². The summed E-state index contributed by atoms with van der Waals surface area (Å²) in [4.78, 5) is 7.01. The number of hydrogen-bond acceptors (Lipinski definition) is 6. The molecule has 2 aliphatic heterocycles. The van der Waals surface area contributed by atoms with Crippen molar-refractivity contribution in [3.05, 3.63) is 24.0 Å². The van der Waals surface area contributed by atoms with Gasteiger partial charge in [0.1, 0.15) is 0 Å². The molecule has 2 saturated heterocycles. The summed E-state index contributed by atoms with van der Waals surface area (Å²) in [6.07, 6.45) is 5.67. The Labute approximate surface area is 177 Å². The number of hydrogen-bond donors (Lipinski definition) is 1. The lowest BCUT2D eigenvalue weighted by atomic mass is 9.93. The summed E-state index contributed by atoms with van der Waals surface area (Å²) in [5.41, 5.74) is 9.43. The average Bonchev–Trinajstić information content (AvgIpc) is 2.97. The van der Waals surface area contributed by atoms with E-state index in [1.54, 1.807) is 0 Å². The molecule has 3 atom stereocenters. The van der Waals surface area contributed by atoms with Gasteiger partial charge in [0.25, 0.3) is 0 Å². The highest BCUT2D eigenvalue weighted by Gasteiger charge is 2.59. The summed E-state index contributed by atoms with van der Waals surface area (Å²) < 4.78 is 13.6. The van der Waals surface area contributed by atoms with E-state index < -0.39 is 0 Å². The summed E-state index contributed by atoms with van der Waals surface area (Å²) in [5, 5.41) is 5.07. The molecule has 2 aromatic rings. The van der Waals surface area contributed by atoms with Gasteiger partial charge in [-0.3, -0.25) is 9.58 Å². The Morgan fingerprint density at radius 3 is 2.50 bits per heavy atom. The number of piperidine rings is 1. The standard InChI is InChI=1S/C23H31N5O2/c1-13(2)30-21-6-14(8-25-23(21)24)19-7-20(28(26-19)15-4-3-5-15)22-17-9-27(10-18(17)22)16-11-29-12-16/h6-8,13,15-18,22H,3-5,9-12H2,1-2H3,(H2,24,25)/t17-,18+,22-. The molecule has 4 aliphatic rings. The normalized spacial score (nSPS) is 29.0. The molecule has 7 heteroatoms. The van der Waals surface area contributed by atoms with E-state index in [4.69, 9.17) is 20.3 Å². The minimum absolute atomic E-state index is 0.0577. The van der Waals surface area contributed by atoms with Gasteiger partial charge in [0, 0.05) is 36.5 Å². The van der Waals surface area contributed by atoms with E-state index in [1.807, 2.05) is 26.1 Å². The zero-order valence-corrected chi connectivity index (χ0v) is 17.8. The zero-order chi connectivity index (χ0) is 20.4. The van der Waals surface area contributed by atoms with Crippen molar-refractivity contribution in [1.82, 2.24) is 19.7 Å². The monoisotopic (exact) mass is 409 g/mol. The Hall–Kier alpha value is -2.12. The fourth-order valence-corrected chi connectivity index (χ4v) is 5.40. The average molecular weight is 410 g/mol. The summed E-state index contributed by atoms with van der Waals surface area (Å²) >= 11 is 0. The second kappa shape index (κ2) is 6.95. The molecule has 0 amide bonds. The summed E-state index contributed by atoms with van der Waals surface area (Å²) in [5.74, 6) is 3.28. The Bertz CT molecular complexity index is 937. The van der Waals surface area contributed by atoms with Crippen molar-refractivity contribution >= 4 is 5.82 Å². The third kappa shape index (κ3) is 3.02. The molecule has 4 heterocycles. The molecular formula is C23H31N5O2. The van der Waals surface area contributed by atoms with E-state index in [2.05, 4.69) is 20.6 Å². The smallest absolute Gasteiger partial charge is 0.166 e. The van der Waals surface area contributed by atoms with Crippen LogP contribution in [-0.2, 0) is 4.74 Å². The molecule has 2 aromatic heterocycles. The summed E-state index contributed by atoms with van der Waals surface area (Å²) in [7, 11) is 0. The van der Waals surface area contributed by atoms with E-state index in [1.165, 1.54) is 38.0 Å². The van der Waals surface area contributed by atoms with Crippen LogP contribution in [0.5, 0.6) is 5.75 Å². The van der Waals surface area contributed by atoms with E-state index in [0.717, 1.165) is 36.3 Å². The van der Waals surface area contributed by atoms with Crippen LogP contribution in [0, 0.1) is 11.8 Å². The first-order valence-corrected chi connectivity index (χ1v) is 11.4. The lowest BCUT2D eigenvalue weighted by Crippen LogP contribution is -2.48. The lowest BCUT2D eigenvalue weighted by Gasteiger charge is -2.36. The van der Waals surface area contributed by atoms with Crippen LogP contribution in [0.2, 0.25) is 0 Å². The summed E-state index contributed by atoms with van der Waals surface area (Å²) in [6.45, 7) is 8.26. The molecule has 0 aromatic carbocycles. The van der Waals surface area contributed by atoms with Crippen molar-refractivity contribution in [3.63, 3.8) is 0 Å². The molecule has 4 fully saturated rings. The number of nitrogens with two attached hydrogens (primary N) is 1. The summed E-state index contributed by atoms with van der Waals surface area (Å²) in [6, 6.07) is 5.51. The van der Waals surface area contributed by atoms with E-state index in [-0.39, 0.29) is 6.10 Å². The van der Waals surface area contributed by atoms with Crippen LogP contribution in [0.4, 0.5) is 5.82 Å². The molecular weight excluding hydrogens is 378 g/mol. The number of ether oxygens (including phenoxy) is 2. The van der Waals surface area contributed by atoms with Crippen molar-refractivity contribution in [3.8, 4) is 17.0 Å². The minimum atomic E-state index is 0.0577. The Morgan fingerprint density at radius 2 is 1.90 bits per heavy atom. The predicted octanol–water partition coefficient (Wildman–Crippen LogP) is 3.08. The number of aromatic nitrogens is 3. The van der Waals surface area contributed by atoms with Crippen molar-refractivity contribution in [1.29, 1.82) is 0 Å². The maximum atomic E-state index is 6.03. The minimum Gasteiger partial charge on any atom is -0.487 e. The largest absolute Gasteiger partial charge is 0.487 e. The van der Waals surface area contributed by atoms with E-state index in [9.17, 15) is 0 Å². The van der Waals surface area contributed by atoms with Gasteiger partial charge in [-0.1, -0.05) is 0 Å². The molecule has 7 nitrogen and oxygen atoms in total. The van der Waals surface area contributed by atoms with Crippen molar-refractivity contribution in [2.75, 3.05) is 32.0 Å². The van der Waals surface area contributed by atoms with Crippen LogP contribution in [0.25, 0.3) is 11.3 Å². The van der Waals surface area contributed by atoms with Crippen molar-refractivity contribution in [2.45, 2.75) is 57.2 Å². The van der Waals surface area contributed by atoms with Crippen molar-refractivity contribution in [2.24, 2.45) is 11.8 Å². The zero-order valence-electron chi connectivity index (χ0n) is 17.8. The van der Waals surface area contributed by atoms with Crippen LogP contribution in [-0.4, -0.2) is 58.1 Å². The molecule has 160 valence electrons. The van der Waals surface area contributed by atoms with Crippen LogP contribution in [0.15, 0.2) is 18.3 Å². The van der Waals surface area contributed by atoms with Crippen LogP contribution in [0.1, 0.15) is 50.8 Å². The first kappa shape index (κ1) is 18.6. The van der Waals surface area contributed by atoms with Gasteiger partial charge in [-0.25, -0.2) is 4.98 Å². The quantitative estimate of drug-likeness (QED) is 0.790. The van der Waals surface area contributed by atoms with E-state index >= 15 is 0 Å². The molecule has 2 N–H and O–H groups in total. The highest BCUT2D eigenvalue weighted by Crippen LogP contribution is 2.59. The van der Waals surface area contributed by atoms with Crippen LogP contribution in [0.3, 0.4) is 0 Å². The number of anilines is 1. The number of likely N-dealkylation sites (tertiary alicyclic amines) is 1. The first-order valence-electron chi connectivity index (χ1n) is 11.4. The van der Waals surface area contributed by atoms with Gasteiger partial charge in [0.05, 0.1) is 37.1 Å². The number of nitrogen functional groups attached to an aromatic ring is 1. The Morgan fingerprint density at radius 1 is 1.13 bits per heavy atom. The van der Waals surface area contributed by atoms with Gasteiger partial charge in [0.2, 0.25) is 0 Å². The van der Waals surface area contributed by atoms with Crippen LogP contribution < -0.4 is 10.5 Å². The van der Waals surface area contributed by atoms with Gasteiger partial charge < -0.3 is 15.2 Å². The highest BCUT2D eigenvalue weighted by atomic mass is 16.5. The first-order chi connectivity index (χ1) is 14.6. The maximum Gasteiger partial charge on any atom is 0.166 e. The Kier molecular flexibility index (Phi) is 4.32. The SMILES string of the molecule is CC(C)Oc1cc(-c2cc([C@@H]3[C@@H]4CN(C5COC5)C[C@@H]43)n(C3CCC3)n2)cnc1N. The molecule has 2 aliphatic carbocycles. The second-order valence-electron chi connectivity index (χ2n) is 9.76. The van der Waals surface area contributed by atoms with Gasteiger partial charge in [-0.15, -0.1) is 0 Å². The second-order valence-corrected chi connectivity index (χ2v) is 9.76. The molecule has 2 saturated carbocycles. The molecule has 6 rings (SSSR count). The number of pyridine rings is 1. The third-order valence-corrected chi connectivity index (χ3v) is 7.43. The number of rotatable bonds is 6. The van der Waals surface area contributed by atoms with Crippen molar-refractivity contribution < 1.29 is 9.47 Å². The van der Waals surface area contributed by atoms with Gasteiger partial charge in [-0.2, -0.15) is 5.10 Å². The number of fused-ring (bicyclic) bond motifs is 1. The molecule has 0 radical (unpaired) electrons. The van der Waals surface area contributed by atoms with Crippen LogP contribution >= 0.6 is 0 Å². The van der Waals surface area contributed by atoms with Gasteiger partial charge in [-0.05, 0) is 57.1 Å². The number of nitrogens with zero attached hydrogens (tertiary/aromatic N) is 4. The molecule has 0 unspecified atom stereocenters. The van der Waals surface area contributed by atoms with E-state index in [0.29, 0.717) is 29.6 Å². The molecule has 0 spiro atoms. The maximum absolute atomic E-state index is 6.03. The highest BCUT2D eigenvalue weighted by molar-refractivity contribution is 5.64. The fourth-order valence-electron chi connectivity index (χ4n) is 5.40. The third-order valence-electron chi connectivity index (χ3n) is 7.43.